The van der Waals surface area contributed by atoms with Gasteiger partial charge in [-0.05, 0) is 24.3 Å². The van der Waals surface area contributed by atoms with Crippen molar-refractivity contribution in [2.75, 3.05) is 0 Å². The minimum Gasteiger partial charge on any atom is -0.508 e. The molecule has 0 aliphatic carbocycles. The van der Waals surface area contributed by atoms with Gasteiger partial charge in [-0.15, -0.1) is 0 Å². The second kappa shape index (κ2) is 4.90. The predicted octanol–water partition coefficient (Wildman–Crippen LogP) is 2.59. The van der Waals surface area contributed by atoms with E-state index < -0.39 is 5.97 Å². The molecule has 3 N–H and O–H groups in total. The van der Waals surface area contributed by atoms with Gasteiger partial charge in [0.1, 0.15) is 17.2 Å². The van der Waals surface area contributed by atoms with Crippen LogP contribution in [0.25, 0.3) is 22.3 Å². The highest BCUT2D eigenvalue weighted by molar-refractivity contribution is 6.07. The number of aryl methyl sites for hydroxylation is 1. The van der Waals surface area contributed by atoms with Crippen LogP contribution in [0, 0.1) is 0 Å². The molecule has 3 aromatic rings. The summed E-state index contributed by atoms with van der Waals surface area (Å²) >= 11 is 0. The summed E-state index contributed by atoms with van der Waals surface area (Å²) in [6.45, 7) is 1.93. The first-order valence-electron chi connectivity index (χ1n) is 6.51. The molecule has 106 valence electrons. The van der Waals surface area contributed by atoms with E-state index >= 15 is 0 Å². The molecule has 0 spiro atoms. The van der Waals surface area contributed by atoms with Crippen molar-refractivity contribution in [2.24, 2.45) is 0 Å². The van der Waals surface area contributed by atoms with Crippen molar-refractivity contribution in [1.82, 2.24) is 15.0 Å². The van der Waals surface area contributed by atoms with Gasteiger partial charge in [-0.3, -0.25) is 0 Å². The summed E-state index contributed by atoms with van der Waals surface area (Å²) < 4.78 is 0. The number of fused-ring (bicyclic) bond motifs is 1. The van der Waals surface area contributed by atoms with Crippen LogP contribution >= 0.6 is 0 Å². The molecule has 0 aliphatic rings. The Balaban J connectivity index is 2.34. The summed E-state index contributed by atoms with van der Waals surface area (Å²) in [7, 11) is 0. The van der Waals surface area contributed by atoms with Gasteiger partial charge >= 0.3 is 5.97 Å². The Bertz CT molecular complexity index is 822. The predicted molar refractivity (Wildman–Crippen MR) is 77.3 cm³/mol. The monoisotopic (exact) mass is 283 g/mol. The Kier molecular flexibility index (Phi) is 3.06. The molecule has 6 heteroatoms. The molecular formula is C15H13N3O3. The highest BCUT2D eigenvalue weighted by atomic mass is 16.4. The Morgan fingerprint density at radius 3 is 2.57 bits per heavy atom. The molecular weight excluding hydrogens is 270 g/mol. The second-order valence-electron chi connectivity index (χ2n) is 4.62. The summed E-state index contributed by atoms with van der Waals surface area (Å²) in [5.41, 5.74) is 1.92. The van der Waals surface area contributed by atoms with Gasteiger partial charge in [0.2, 0.25) is 0 Å². The number of rotatable bonds is 3. The second-order valence-corrected chi connectivity index (χ2v) is 4.62. The zero-order chi connectivity index (χ0) is 15.0. The smallest absolute Gasteiger partial charge is 0.338 e. The SMILES string of the molecule is CCc1nc(-c2ccc(O)cc2)c2c(C(=O)O)c[nH]c2n1. The molecule has 6 nitrogen and oxygen atoms in total. The molecule has 0 radical (unpaired) electrons. The number of benzene rings is 1. The van der Waals surface area contributed by atoms with Gasteiger partial charge in [0.15, 0.2) is 0 Å². The standard InChI is InChI=1S/C15H13N3O3/c1-2-11-17-13(8-3-5-9(19)6-4-8)12-10(15(20)21)7-16-14(12)18-11/h3-7,19H,2H2,1H3,(H,20,21)(H,16,17,18). The molecule has 0 bridgehead atoms. The minimum atomic E-state index is -1.03. The van der Waals surface area contributed by atoms with Crippen molar-refractivity contribution < 1.29 is 15.0 Å². The van der Waals surface area contributed by atoms with Crippen LogP contribution in [0.15, 0.2) is 30.5 Å². The first-order chi connectivity index (χ1) is 10.1. The zero-order valence-electron chi connectivity index (χ0n) is 11.3. The van der Waals surface area contributed by atoms with E-state index in [0.29, 0.717) is 29.0 Å². The van der Waals surface area contributed by atoms with E-state index in [0.717, 1.165) is 5.56 Å². The topological polar surface area (TPSA) is 99.1 Å². The number of hydrogen-bond acceptors (Lipinski definition) is 4. The van der Waals surface area contributed by atoms with E-state index in [1.807, 2.05) is 6.92 Å². The fourth-order valence-electron chi connectivity index (χ4n) is 2.23. The van der Waals surface area contributed by atoms with Gasteiger partial charge in [-0.2, -0.15) is 0 Å². The Hall–Kier alpha value is -2.89. The maximum atomic E-state index is 11.4. The Labute approximate surface area is 120 Å². The highest BCUT2D eigenvalue weighted by Gasteiger charge is 2.18. The lowest BCUT2D eigenvalue weighted by atomic mass is 10.1. The summed E-state index contributed by atoms with van der Waals surface area (Å²) in [5, 5.41) is 19.2. The number of phenols is 1. The molecule has 0 fully saturated rings. The van der Waals surface area contributed by atoms with E-state index in [4.69, 9.17) is 0 Å². The molecule has 0 saturated heterocycles. The summed E-state index contributed by atoms with van der Waals surface area (Å²) in [4.78, 5) is 23.0. The molecule has 21 heavy (non-hydrogen) atoms. The van der Waals surface area contributed by atoms with Crippen LogP contribution in [-0.4, -0.2) is 31.1 Å². The van der Waals surface area contributed by atoms with E-state index in [1.165, 1.54) is 6.20 Å². The molecule has 1 aromatic carbocycles. The average molecular weight is 283 g/mol. The highest BCUT2D eigenvalue weighted by Crippen LogP contribution is 2.30. The number of carboxylic acids is 1. The van der Waals surface area contributed by atoms with Crippen LogP contribution in [0.1, 0.15) is 23.1 Å². The number of hydrogen-bond donors (Lipinski definition) is 3. The summed E-state index contributed by atoms with van der Waals surface area (Å²) in [5.74, 6) is -0.259. The third-order valence-electron chi connectivity index (χ3n) is 3.27. The molecule has 0 amide bonds. The lowest BCUT2D eigenvalue weighted by Gasteiger charge is -2.06. The van der Waals surface area contributed by atoms with Gasteiger partial charge in [0.05, 0.1) is 16.6 Å². The molecule has 0 saturated carbocycles. The normalized spacial score (nSPS) is 10.9. The van der Waals surface area contributed by atoms with E-state index in [2.05, 4.69) is 15.0 Å². The number of aromatic nitrogens is 3. The van der Waals surface area contributed by atoms with Crippen LogP contribution < -0.4 is 0 Å². The number of nitrogens with one attached hydrogen (secondary N) is 1. The van der Waals surface area contributed by atoms with E-state index in [9.17, 15) is 15.0 Å². The van der Waals surface area contributed by atoms with Crippen molar-refractivity contribution in [3.63, 3.8) is 0 Å². The number of H-pyrrole nitrogens is 1. The number of aromatic hydroxyl groups is 1. The fraction of sp³-hybridized carbons (Fsp3) is 0.133. The molecule has 0 atom stereocenters. The number of carboxylic acid groups (broad SMARTS) is 1. The van der Waals surface area contributed by atoms with E-state index in [1.54, 1.807) is 24.3 Å². The number of aromatic amines is 1. The van der Waals surface area contributed by atoms with Gasteiger partial charge in [-0.1, -0.05) is 6.92 Å². The first kappa shape index (κ1) is 13.1. The molecule has 0 unspecified atom stereocenters. The first-order valence-corrected chi connectivity index (χ1v) is 6.51. The third-order valence-corrected chi connectivity index (χ3v) is 3.27. The van der Waals surface area contributed by atoms with E-state index in [-0.39, 0.29) is 11.3 Å². The van der Waals surface area contributed by atoms with Crippen molar-refractivity contribution >= 4 is 17.0 Å². The quantitative estimate of drug-likeness (QED) is 0.686. The maximum Gasteiger partial charge on any atom is 0.338 e. The van der Waals surface area contributed by atoms with Gasteiger partial charge in [-0.25, -0.2) is 14.8 Å². The van der Waals surface area contributed by atoms with Gasteiger partial charge in [0, 0.05) is 18.2 Å². The van der Waals surface area contributed by atoms with Gasteiger partial charge in [0.25, 0.3) is 0 Å². The van der Waals surface area contributed by atoms with Crippen molar-refractivity contribution in [2.45, 2.75) is 13.3 Å². The Morgan fingerprint density at radius 2 is 1.95 bits per heavy atom. The largest absolute Gasteiger partial charge is 0.508 e. The number of phenolic OH excluding ortho intramolecular Hbond substituents is 1. The van der Waals surface area contributed by atoms with Crippen molar-refractivity contribution in [1.29, 1.82) is 0 Å². The summed E-state index contributed by atoms with van der Waals surface area (Å²) in [6, 6.07) is 6.49. The number of carbonyl (C=O) groups is 1. The number of nitrogens with zero attached hydrogens (tertiary/aromatic N) is 2. The van der Waals surface area contributed by atoms with Crippen LogP contribution in [0.3, 0.4) is 0 Å². The van der Waals surface area contributed by atoms with Crippen LogP contribution in [0.2, 0.25) is 0 Å². The average Bonchev–Trinajstić information content (AvgIpc) is 2.91. The van der Waals surface area contributed by atoms with Crippen LogP contribution in [0.5, 0.6) is 5.75 Å². The molecule has 0 aliphatic heterocycles. The van der Waals surface area contributed by atoms with Crippen molar-refractivity contribution in [3.8, 4) is 17.0 Å². The molecule has 3 rings (SSSR count). The molecule has 2 heterocycles. The van der Waals surface area contributed by atoms with Crippen LogP contribution in [0.4, 0.5) is 0 Å². The van der Waals surface area contributed by atoms with Gasteiger partial charge < -0.3 is 15.2 Å². The molecule has 2 aromatic heterocycles. The third kappa shape index (κ3) is 2.20. The maximum absolute atomic E-state index is 11.4. The lowest BCUT2D eigenvalue weighted by molar-refractivity contribution is 0.0699. The number of aromatic carboxylic acids is 1. The minimum absolute atomic E-state index is 0.135. The Morgan fingerprint density at radius 1 is 1.24 bits per heavy atom. The fourth-order valence-corrected chi connectivity index (χ4v) is 2.23. The zero-order valence-corrected chi connectivity index (χ0v) is 11.3. The summed E-state index contributed by atoms with van der Waals surface area (Å²) in [6.07, 6.45) is 2.06. The van der Waals surface area contributed by atoms with Crippen molar-refractivity contribution in [3.05, 3.63) is 41.9 Å². The lowest BCUT2D eigenvalue weighted by Crippen LogP contribution is -2.00. The van der Waals surface area contributed by atoms with Crippen LogP contribution in [-0.2, 0) is 6.42 Å².